The SMILES string of the molecule is Cc1cccc(N2CC[C@@H]3CN(C(=O)c4ccco4)CCO[C@@H]3C2)n1. The third-order valence-electron chi connectivity index (χ3n) is 5.06. The Balaban J connectivity index is 1.44. The maximum atomic E-state index is 12.6. The van der Waals surface area contributed by atoms with Crippen LogP contribution >= 0.6 is 0 Å². The molecule has 132 valence electrons. The summed E-state index contributed by atoms with van der Waals surface area (Å²) in [5, 5.41) is 0. The summed E-state index contributed by atoms with van der Waals surface area (Å²) in [6.45, 7) is 5.65. The van der Waals surface area contributed by atoms with Gasteiger partial charge in [-0.25, -0.2) is 4.98 Å². The summed E-state index contributed by atoms with van der Waals surface area (Å²) in [5.41, 5.74) is 1.02. The van der Waals surface area contributed by atoms with Crippen molar-refractivity contribution in [2.24, 2.45) is 5.92 Å². The molecule has 2 aromatic heterocycles. The van der Waals surface area contributed by atoms with Crippen molar-refractivity contribution >= 4 is 11.7 Å². The van der Waals surface area contributed by atoms with Gasteiger partial charge >= 0.3 is 0 Å². The Labute approximate surface area is 147 Å². The van der Waals surface area contributed by atoms with Crippen LogP contribution in [0.15, 0.2) is 41.0 Å². The first-order valence-corrected chi connectivity index (χ1v) is 8.84. The van der Waals surface area contributed by atoms with Crippen LogP contribution in [0, 0.1) is 12.8 Å². The van der Waals surface area contributed by atoms with E-state index in [-0.39, 0.29) is 12.0 Å². The van der Waals surface area contributed by atoms with Gasteiger partial charge in [0.25, 0.3) is 5.91 Å². The Morgan fingerprint density at radius 2 is 2.12 bits per heavy atom. The second-order valence-electron chi connectivity index (χ2n) is 6.77. The number of aryl methyl sites for hydroxylation is 1. The number of nitrogens with zero attached hydrogens (tertiary/aromatic N) is 3. The van der Waals surface area contributed by atoms with Crippen molar-refractivity contribution in [3.8, 4) is 0 Å². The summed E-state index contributed by atoms with van der Waals surface area (Å²) in [7, 11) is 0. The summed E-state index contributed by atoms with van der Waals surface area (Å²) >= 11 is 0. The summed E-state index contributed by atoms with van der Waals surface area (Å²) in [6.07, 6.45) is 2.66. The van der Waals surface area contributed by atoms with E-state index in [1.54, 1.807) is 12.1 Å². The van der Waals surface area contributed by atoms with Crippen LogP contribution in [0.25, 0.3) is 0 Å². The number of anilines is 1. The van der Waals surface area contributed by atoms with Gasteiger partial charge in [0.15, 0.2) is 5.76 Å². The quantitative estimate of drug-likeness (QED) is 0.839. The van der Waals surface area contributed by atoms with Gasteiger partial charge in [0.05, 0.1) is 19.0 Å². The smallest absolute Gasteiger partial charge is 0.289 e. The van der Waals surface area contributed by atoms with Gasteiger partial charge in [0.1, 0.15) is 5.82 Å². The van der Waals surface area contributed by atoms with Crippen molar-refractivity contribution in [1.29, 1.82) is 0 Å². The van der Waals surface area contributed by atoms with E-state index in [0.29, 0.717) is 24.8 Å². The summed E-state index contributed by atoms with van der Waals surface area (Å²) in [4.78, 5) is 21.4. The Bertz CT molecular complexity index is 731. The minimum Gasteiger partial charge on any atom is -0.459 e. The van der Waals surface area contributed by atoms with E-state index in [4.69, 9.17) is 9.15 Å². The molecule has 2 aliphatic rings. The number of carbonyl (C=O) groups excluding carboxylic acids is 1. The fourth-order valence-electron chi connectivity index (χ4n) is 3.70. The number of hydrogen-bond acceptors (Lipinski definition) is 5. The highest BCUT2D eigenvalue weighted by atomic mass is 16.5. The van der Waals surface area contributed by atoms with Crippen molar-refractivity contribution in [3.63, 3.8) is 0 Å². The van der Waals surface area contributed by atoms with Crippen LogP contribution < -0.4 is 4.90 Å². The van der Waals surface area contributed by atoms with Gasteiger partial charge in [-0.1, -0.05) is 6.07 Å². The number of hydrogen-bond donors (Lipinski definition) is 0. The third-order valence-corrected chi connectivity index (χ3v) is 5.06. The number of ether oxygens (including phenoxy) is 1. The summed E-state index contributed by atoms with van der Waals surface area (Å²) < 4.78 is 11.4. The highest BCUT2D eigenvalue weighted by Gasteiger charge is 2.35. The lowest BCUT2D eigenvalue weighted by atomic mass is 9.93. The molecular formula is C19H23N3O3. The van der Waals surface area contributed by atoms with Gasteiger partial charge in [-0.2, -0.15) is 0 Å². The molecule has 2 fully saturated rings. The predicted octanol–water partition coefficient (Wildman–Crippen LogP) is 2.35. The fourth-order valence-corrected chi connectivity index (χ4v) is 3.70. The Hall–Kier alpha value is -2.34. The maximum absolute atomic E-state index is 12.6. The minimum atomic E-state index is -0.0444. The zero-order valence-corrected chi connectivity index (χ0v) is 14.4. The third kappa shape index (κ3) is 3.39. The lowest BCUT2D eigenvalue weighted by Crippen LogP contribution is -2.47. The van der Waals surface area contributed by atoms with Crippen LogP contribution in [-0.2, 0) is 4.74 Å². The van der Waals surface area contributed by atoms with E-state index in [9.17, 15) is 4.79 Å². The highest BCUT2D eigenvalue weighted by Crippen LogP contribution is 2.27. The normalized spacial score (nSPS) is 23.9. The molecule has 0 radical (unpaired) electrons. The second kappa shape index (κ2) is 6.88. The maximum Gasteiger partial charge on any atom is 0.289 e. The molecule has 2 aliphatic heterocycles. The van der Waals surface area contributed by atoms with Gasteiger partial charge in [-0.15, -0.1) is 0 Å². The standard InChI is InChI=1S/C19H23N3O3/c1-14-4-2-6-18(20-14)21-8-7-15-12-22(9-11-25-17(15)13-21)19(23)16-5-3-10-24-16/h2-6,10,15,17H,7-9,11-13H2,1H3/t15-,17-/m1/s1. The first-order chi connectivity index (χ1) is 12.2. The van der Waals surface area contributed by atoms with Crippen molar-refractivity contribution in [2.75, 3.05) is 37.7 Å². The van der Waals surface area contributed by atoms with Gasteiger partial charge in [0.2, 0.25) is 0 Å². The molecule has 6 heteroatoms. The van der Waals surface area contributed by atoms with Crippen LogP contribution in [0.3, 0.4) is 0 Å². The first kappa shape index (κ1) is 16.1. The zero-order valence-electron chi connectivity index (χ0n) is 14.4. The van der Waals surface area contributed by atoms with E-state index < -0.39 is 0 Å². The number of aromatic nitrogens is 1. The molecule has 1 amide bonds. The van der Waals surface area contributed by atoms with Gasteiger partial charge in [-0.05, 0) is 37.6 Å². The number of fused-ring (bicyclic) bond motifs is 1. The van der Waals surface area contributed by atoms with Crippen molar-refractivity contribution in [3.05, 3.63) is 48.0 Å². The average Bonchev–Trinajstić information content (AvgIpc) is 3.07. The molecule has 0 aromatic carbocycles. The number of pyridine rings is 1. The second-order valence-corrected chi connectivity index (χ2v) is 6.77. The molecule has 25 heavy (non-hydrogen) atoms. The molecule has 2 atom stereocenters. The van der Waals surface area contributed by atoms with Crippen LogP contribution in [0.5, 0.6) is 0 Å². The van der Waals surface area contributed by atoms with Crippen LogP contribution in [-0.4, -0.2) is 54.7 Å². The minimum absolute atomic E-state index is 0.0444. The summed E-state index contributed by atoms with van der Waals surface area (Å²) in [5.74, 6) is 1.72. The zero-order chi connectivity index (χ0) is 17.2. The molecule has 0 aliphatic carbocycles. The fraction of sp³-hybridized carbons (Fsp3) is 0.474. The van der Waals surface area contributed by atoms with E-state index in [1.807, 2.05) is 24.0 Å². The Kier molecular flexibility index (Phi) is 4.44. The van der Waals surface area contributed by atoms with E-state index >= 15 is 0 Å². The summed E-state index contributed by atoms with van der Waals surface area (Å²) in [6, 6.07) is 9.57. The number of piperidine rings is 1. The van der Waals surface area contributed by atoms with Crippen molar-refractivity contribution in [1.82, 2.24) is 9.88 Å². The van der Waals surface area contributed by atoms with Crippen LogP contribution in [0.2, 0.25) is 0 Å². The predicted molar refractivity (Wildman–Crippen MR) is 93.6 cm³/mol. The molecular weight excluding hydrogens is 318 g/mol. The van der Waals surface area contributed by atoms with Gasteiger partial charge < -0.3 is 19.0 Å². The molecule has 0 bridgehead atoms. The number of carbonyl (C=O) groups is 1. The molecule has 4 rings (SSSR count). The molecule has 2 saturated heterocycles. The van der Waals surface area contributed by atoms with E-state index in [1.165, 1.54) is 6.26 Å². The van der Waals surface area contributed by atoms with Gasteiger partial charge in [-0.3, -0.25) is 4.79 Å². The van der Waals surface area contributed by atoms with Gasteiger partial charge in [0, 0.05) is 37.8 Å². The molecule has 0 spiro atoms. The number of furan rings is 1. The topological polar surface area (TPSA) is 58.8 Å². The first-order valence-electron chi connectivity index (χ1n) is 8.84. The van der Waals surface area contributed by atoms with Crippen molar-refractivity contribution in [2.45, 2.75) is 19.4 Å². The average molecular weight is 341 g/mol. The van der Waals surface area contributed by atoms with Crippen LogP contribution in [0.4, 0.5) is 5.82 Å². The lowest BCUT2D eigenvalue weighted by Gasteiger charge is -2.38. The van der Waals surface area contributed by atoms with Crippen molar-refractivity contribution < 1.29 is 13.9 Å². The lowest BCUT2D eigenvalue weighted by molar-refractivity contribution is 0.0251. The molecule has 0 unspecified atom stereocenters. The molecule has 0 saturated carbocycles. The largest absolute Gasteiger partial charge is 0.459 e. The van der Waals surface area contributed by atoms with Crippen LogP contribution in [0.1, 0.15) is 22.7 Å². The molecule has 4 heterocycles. The van der Waals surface area contributed by atoms with E-state index in [2.05, 4.69) is 16.0 Å². The van der Waals surface area contributed by atoms with E-state index in [0.717, 1.165) is 37.6 Å². The molecule has 6 nitrogen and oxygen atoms in total. The molecule has 2 aromatic rings. The Morgan fingerprint density at radius 3 is 2.92 bits per heavy atom. The molecule has 0 N–H and O–H groups in total. The highest BCUT2D eigenvalue weighted by molar-refractivity contribution is 5.91. The number of rotatable bonds is 2. The Morgan fingerprint density at radius 1 is 1.20 bits per heavy atom. The number of amides is 1. The monoisotopic (exact) mass is 341 g/mol.